The average Bonchev–Trinajstić information content (AvgIpc) is 2.44. The number of phenols is 1. The highest BCUT2D eigenvalue weighted by Gasteiger charge is 2.07. The fourth-order valence-electron chi connectivity index (χ4n) is 2.74. The number of benzene rings is 1. The molecule has 0 fully saturated rings. The Labute approximate surface area is 125 Å². The summed E-state index contributed by atoms with van der Waals surface area (Å²) in [6.45, 7) is 6.54. The monoisotopic (exact) mass is 276 g/mol. The molecule has 0 aromatic heterocycles. The van der Waals surface area contributed by atoms with E-state index >= 15 is 0 Å². The lowest BCUT2D eigenvalue weighted by Crippen LogP contribution is -1.94. The third kappa shape index (κ3) is 6.45. The van der Waals surface area contributed by atoms with Crippen molar-refractivity contribution in [3.8, 4) is 5.75 Å². The zero-order valence-corrected chi connectivity index (χ0v) is 13.6. The third-order valence-electron chi connectivity index (χ3n) is 4.28. The minimum atomic E-state index is 0.410. The first kappa shape index (κ1) is 17.1. The van der Waals surface area contributed by atoms with Crippen LogP contribution < -0.4 is 0 Å². The Balaban J connectivity index is 2.13. The first-order valence-corrected chi connectivity index (χ1v) is 8.44. The molecule has 0 heterocycles. The molecule has 1 N–H and O–H groups in total. The number of hydrogen-bond acceptors (Lipinski definition) is 1. The lowest BCUT2D eigenvalue weighted by Gasteiger charge is -2.13. The maximum absolute atomic E-state index is 9.56. The normalized spacial score (nSPS) is 12.6. The van der Waals surface area contributed by atoms with E-state index < -0.39 is 0 Å². The van der Waals surface area contributed by atoms with Crippen molar-refractivity contribution in [1.82, 2.24) is 0 Å². The van der Waals surface area contributed by atoms with E-state index in [0.29, 0.717) is 11.7 Å². The van der Waals surface area contributed by atoms with Gasteiger partial charge in [-0.2, -0.15) is 0 Å². The van der Waals surface area contributed by atoms with Crippen LogP contribution in [0.4, 0.5) is 0 Å². The van der Waals surface area contributed by atoms with Gasteiger partial charge in [0.25, 0.3) is 0 Å². The molecule has 1 rings (SSSR count). The van der Waals surface area contributed by atoms with Crippen LogP contribution in [-0.2, 0) is 0 Å². The zero-order valence-electron chi connectivity index (χ0n) is 13.6. The smallest absolute Gasteiger partial charge is 0.118 e. The molecule has 0 aliphatic rings. The molecule has 20 heavy (non-hydrogen) atoms. The van der Waals surface area contributed by atoms with Gasteiger partial charge in [0.15, 0.2) is 0 Å². The quantitative estimate of drug-likeness (QED) is 0.495. The highest BCUT2D eigenvalue weighted by atomic mass is 16.3. The van der Waals surface area contributed by atoms with Crippen LogP contribution in [-0.4, -0.2) is 5.11 Å². The molecule has 0 bridgehead atoms. The van der Waals surface area contributed by atoms with Crippen LogP contribution in [0.2, 0.25) is 0 Å². The van der Waals surface area contributed by atoms with Gasteiger partial charge >= 0.3 is 0 Å². The number of rotatable bonds is 10. The highest BCUT2D eigenvalue weighted by molar-refractivity contribution is 5.36. The maximum atomic E-state index is 9.56. The SMILES string of the molecule is CCCCCCCCCCC(C)c1ccc(O)c(C)c1. The lowest BCUT2D eigenvalue weighted by atomic mass is 9.93. The second kappa shape index (κ2) is 9.85. The molecule has 114 valence electrons. The molecule has 1 heteroatoms. The molecule has 0 aliphatic carbocycles. The van der Waals surface area contributed by atoms with Gasteiger partial charge < -0.3 is 5.11 Å². The second-order valence-electron chi connectivity index (χ2n) is 6.21. The average molecular weight is 276 g/mol. The molecule has 0 amide bonds. The number of aromatic hydroxyl groups is 1. The summed E-state index contributed by atoms with van der Waals surface area (Å²) in [5, 5.41) is 9.56. The molecule has 1 nitrogen and oxygen atoms in total. The molecule has 0 aliphatic heterocycles. The van der Waals surface area contributed by atoms with Crippen LogP contribution in [0.1, 0.15) is 88.7 Å². The first-order valence-electron chi connectivity index (χ1n) is 8.44. The Bertz CT molecular complexity index is 370. The Hall–Kier alpha value is -0.980. The summed E-state index contributed by atoms with van der Waals surface area (Å²) < 4.78 is 0. The number of aryl methyl sites for hydroxylation is 1. The fraction of sp³-hybridized carbons (Fsp3) is 0.684. The van der Waals surface area contributed by atoms with Crippen molar-refractivity contribution in [2.75, 3.05) is 0 Å². The van der Waals surface area contributed by atoms with E-state index in [-0.39, 0.29) is 0 Å². The van der Waals surface area contributed by atoms with Crippen LogP contribution in [0.3, 0.4) is 0 Å². The molecule has 1 aromatic rings. The summed E-state index contributed by atoms with van der Waals surface area (Å²) in [6, 6.07) is 6.03. The van der Waals surface area contributed by atoms with Crippen molar-refractivity contribution in [2.45, 2.75) is 84.5 Å². The minimum Gasteiger partial charge on any atom is -0.508 e. The summed E-state index contributed by atoms with van der Waals surface area (Å²) in [4.78, 5) is 0. The molecule has 0 saturated heterocycles. The van der Waals surface area contributed by atoms with Crippen molar-refractivity contribution >= 4 is 0 Å². The largest absolute Gasteiger partial charge is 0.508 e. The van der Waals surface area contributed by atoms with Crippen LogP contribution in [0.5, 0.6) is 5.75 Å². The Morgan fingerprint density at radius 1 is 0.950 bits per heavy atom. The number of phenolic OH excluding ortho intramolecular Hbond substituents is 1. The van der Waals surface area contributed by atoms with Gasteiger partial charge in [0.05, 0.1) is 0 Å². The van der Waals surface area contributed by atoms with E-state index in [1.807, 2.05) is 13.0 Å². The predicted molar refractivity (Wildman–Crippen MR) is 88.5 cm³/mol. The Morgan fingerprint density at radius 2 is 1.55 bits per heavy atom. The van der Waals surface area contributed by atoms with E-state index in [4.69, 9.17) is 0 Å². The van der Waals surface area contributed by atoms with Gasteiger partial charge in [0, 0.05) is 0 Å². The summed E-state index contributed by atoms with van der Waals surface area (Å²) in [6.07, 6.45) is 12.3. The Morgan fingerprint density at radius 3 is 2.15 bits per heavy atom. The van der Waals surface area contributed by atoms with Gasteiger partial charge in [0.1, 0.15) is 5.75 Å². The van der Waals surface area contributed by atoms with Crippen LogP contribution in [0.15, 0.2) is 18.2 Å². The van der Waals surface area contributed by atoms with E-state index in [1.54, 1.807) is 0 Å². The second-order valence-corrected chi connectivity index (χ2v) is 6.21. The van der Waals surface area contributed by atoms with Gasteiger partial charge in [-0.25, -0.2) is 0 Å². The van der Waals surface area contributed by atoms with Gasteiger partial charge in [-0.15, -0.1) is 0 Å². The summed E-state index contributed by atoms with van der Waals surface area (Å²) in [5.74, 6) is 1.02. The molecule has 0 radical (unpaired) electrons. The molecule has 1 aromatic carbocycles. The molecule has 0 saturated carbocycles. The minimum absolute atomic E-state index is 0.410. The summed E-state index contributed by atoms with van der Waals surface area (Å²) in [7, 11) is 0. The van der Waals surface area contributed by atoms with E-state index in [2.05, 4.69) is 26.0 Å². The molecular weight excluding hydrogens is 244 g/mol. The van der Waals surface area contributed by atoms with Crippen LogP contribution >= 0.6 is 0 Å². The van der Waals surface area contributed by atoms with Crippen molar-refractivity contribution in [3.05, 3.63) is 29.3 Å². The maximum Gasteiger partial charge on any atom is 0.118 e. The molecule has 0 spiro atoms. The Kier molecular flexibility index (Phi) is 8.41. The number of hydrogen-bond donors (Lipinski definition) is 1. The summed E-state index contributed by atoms with van der Waals surface area (Å²) >= 11 is 0. The van der Waals surface area contributed by atoms with E-state index in [0.717, 1.165) is 5.56 Å². The zero-order chi connectivity index (χ0) is 14.8. The highest BCUT2D eigenvalue weighted by Crippen LogP contribution is 2.26. The van der Waals surface area contributed by atoms with Gasteiger partial charge in [-0.3, -0.25) is 0 Å². The molecular formula is C19H32O. The fourth-order valence-corrected chi connectivity index (χ4v) is 2.74. The molecule has 1 atom stereocenters. The first-order chi connectivity index (χ1) is 9.65. The standard InChI is InChI=1S/C19H32O/c1-4-5-6-7-8-9-10-11-12-16(2)18-13-14-19(20)17(3)15-18/h13-16,20H,4-12H2,1-3H3. The van der Waals surface area contributed by atoms with Crippen LogP contribution in [0, 0.1) is 6.92 Å². The van der Waals surface area contributed by atoms with E-state index in [9.17, 15) is 5.11 Å². The van der Waals surface area contributed by atoms with Crippen molar-refractivity contribution in [1.29, 1.82) is 0 Å². The number of unbranched alkanes of at least 4 members (excludes halogenated alkanes) is 7. The third-order valence-corrected chi connectivity index (χ3v) is 4.28. The topological polar surface area (TPSA) is 20.2 Å². The molecule has 1 unspecified atom stereocenters. The van der Waals surface area contributed by atoms with Crippen molar-refractivity contribution in [3.63, 3.8) is 0 Å². The van der Waals surface area contributed by atoms with E-state index in [1.165, 1.54) is 63.4 Å². The van der Waals surface area contributed by atoms with Crippen molar-refractivity contribution < 1.29 is 5.11 Å². The van der Waals surface area contributed by atoms with Gasteiger partial charge in [0.2, 0.25) is 0 Å². The van der Waals surface area contributed by atoms with Crippen LogP contribution in [0.25, 0.3) is 0 Å². The van der Waals surface area contributed by atoms with Gasteiger partial charge in [-0.05, 0) is 36.5 Å². The summed E-state index contributed by atoms with van der Waals surface area (Å²) in [5.41, 5.74) is 2.36. The predicted octanol–water partition coefficient (Wildman–Crippen LogP) is 6.33. The van der Waals surface area contributed by atoms with Crippen molar-refractivity contribution in [2.24, 2.45) is 0 Å². The van der Waals surface area contributed by atoms with Gasteiger partial charge in [-0.1, -0.05) is 77.3 Å². The lowest BCUT2D eigenvalue weighted by molar-refractivity contribution is 0.470.